The Kier molecular flexibility index (Phi) is 5.33. The molecule has 8 heteroatoms. The largest absolute Gasteiger partial charge is 0.376 e. The third kappa shape index (κ3) is 3.92. The number of amides is 1. The van der Waals surface area contributed by atoms with Gasteiger partial charge in [0.1, 0.15) is 0 Å². The minimum atomic E-state index is -0.0528. The van der Waals surface area contributed by atoms with E-state index in [1.54, 1.807) is 23.4 Å². The van der Waals surface area contributed by atoms with Crippen molar-refractivity contribution in [2.45, 2.75) is 47.6 Å². The number of rotatable bonds is 5. The summed E-state index contributed by atoms with van der Waals surface area (Å²) in [4.78, 5) is 29.6. The van der Waals surface area contributed by atoms with Crippen molar-refractivity contribution in [3.05, 3.63) is 16.0 Å². The Morgan fingerprint density at radius 2 is 2.39 bits per heavy atom. The molecule has 1 N–H and O–H groups in total. The van der Waals surface area contributed by atoms with Crippen molar-refractivity contribution in [3.63, 3.8) is 0 Å². The van der Waals surface area contributed by atoms with Gasteiger partial charge in [0.25, 0.3) is 5.56 Å². The van der Waals surface area contributed by atoms with Gasteiger partial charge in [-0.05, 0) is 12.8 Å². The minimum absolute atomic E-state index is 0.00777. The van der Waals surface area contributed by atoms with E-state index in [2.05, 4.69) is 17.2 Å². The Balaban J connectivity index is 1.58. The average Bonchev–Trinajstić information content (AvgIpc) is 3.16. The van der Waals surface area contributed by atoms with E-state index in [1.807, 2.05) is 0 Å². The van der Waals surface area contributed by atoms with Crippen LogP contribution >= 0.6 is 23.5 Å². The molecule has 3 rings (SSSR count). The Labute approximate surface area is 143 Å². The summed E-state index contributed by atoms with van der Waals surface area (Å²) < 4.78 is 7.02. The van der Waals surface area contributed by atoms with E-state index in [-0.39, 0.29) is 23.3 Å². The normalized spacial score (nSPS) is 23.0. The second-order valence-electron chi connectivity index (χ2n) is 5.89. The van der Waals surface area contributed by atoms with Gasteiger partial charge < -0.3 is 10.1 Å². The molecule has 6 nitrogen and oxygen atoms in total. The first-order valence-electron chi connectivity index (χ1n) is 7.82. The molecule has 0 unspecified atom stereocenters. The van der Waals surface area contributed by atoms with Crippen molar-refractivity contribution in [2.24, 2.45) is 7.05 Å². The number of hydrogen-bond donors (Lipinski definition) is 1. The summed E-state index contributed by atoms with van der Waals surface area (Å²) in [5.74, 6) is 0.206. The maximum atomic E-state index is 12.3. The van der Waals surface area contributed by atoms with Crippen LogP contribution in [-0.4, -0.2) is 45.7 Å². The van der Waals surface area contributed by atoms with Gasteiger partial charge in [-0.2, -0.15) is 0 Å². The zero-order valence-electron chi connectivity index (χ0n) is 13.3. The highest BCUT2D eigenvalue weighted by molar-refractivity contribution is 8.00. The number of ether oxygens (including phenoxy) is 1. The minimum Gasteiger partial charge on any atom is -0.376 e. The number of nitrogens with zero attached hydrogens (tertiary/aromatic N) is 2. The fourth-order valence-electron chi connectivity index (χ4n) is 2.72. The highest BCUT2D eigenvalue weighted by atomic mass is 32.2. The van der Waals surface area contributed by atoms with Gasteiger partial charge in [-0.25, -0.2) is 4.98 Å². The van der Waals surface area contributed by atoms with Gasteiger partial charge in [0.2, 0.25) is 5.91 Å². The van der Waals surface area contributed by atoms with Gasteiger partial charge in [-0.3, -0.25) is 14.2 Å². The molecule has 2 aliphatic heterocycles. The van der Waals surface area contributed by atoms with Crippen LogP contribution in [0.2, 0.25) is 0 Å². The first-order chi connectivity index (χ1) is 11.0. The highest BCUT2D eigenvalue weighted by Crippen LogP contribution is 2.33. The molecule has 3 heterocycles. The van der Waals surface area contributed by atoms with Crippen LogP contribution in [0.1, 0.15) is 25.5 Å². The lowest BCUT2D eigenvalue weighted by molar-refractivity contribution is -0.119. The molecule has 1 aromatic rings. The van der Waals surface area contributed by atoms with Gasteiger partial charge in [0, 0.05) is 31.9 Å². The molecule has 23 heavy (non-hydrogen) atoms. The molecule has 0 aromatic carbocycles. The summed E-state index contributed by atoms with van der Waals surface area (Å²) in [5, 5.41) is 3.88. The third-order valence-electron chi connectivity index (χ3n) is 3.96. The van der Waals surface area contributed by atoms with Crippen molar-refractivity contribution >= 4 is 29.4 Å². The molecule has 2 atom stereocenters. The van der Waals surface area contributed by atoms with Gasteiger partial charge in [-0.1, -0.05) is 18.7 Å². The summed E-state index contributed by atoms with van der Waals surface area (Å²) in [7, 11) is 1.71. The summed E-state index contributed by atoms with van der Waals surface area (Å²) in [6, 6.07) is 0. The summed E-state index contributed by atoms with van der Waals surface area (Å²) in [5.41, 5.74) is 0.861. The van der Waals surface area contributed by atoms with Crippen LogP contribution in [0.25, 0.3) is 0 Å². The number of aromatic nitrogens is 2. The maximum Gasteiger partial charge on any atom is 0.267 e. The van der Waals surface area contributed by atoms with Gasteiger partial charge >= 0.3 is 0 Å². The zero-order valence-corrected chi connectivity index (χ0v) is 15.0. The lowest BCUT2D eigenvalue weighted by Crippen LogP contribution is -2.33. The monoisotopic (exact) mass is 355 g/mol. The maximum absolute atomic E-state index is 12.3. The third-order valence-corrected chi connectivity index (χ3v) is 6.21. The van der Waals surface area contributed by atoms with Crippen LogP contribution in [-0.2, 0) is 23.0 Å². The molecule has 1 aromatic heterocycles. The number of hydrogen-bond acceptors (Lipinski definition) is 6. The molecule has 2 aliphatic rings. The summed E-state index contributed by atoms with van der Waals surface area (Å²) >= 11 is 2.90. The van der Waals surface area contributed by atoms with Crippen LogP contribution in [0.15, 0.2) is 14.8 Å². The second kappa shape index (κ2) is 7.27. The summed E-state index contributed by atoms with van der Waals surface area (Å²) in [6.45, 7) is 3.44. The van der Waals surface area contributed by atoms with Crippen molar-refractivity contribution in [3.8, 4) is 0 Å². The highest BCUT2D eigenvalue weighted by Gasteiger charge is 2.25. The molecular weight excluding hydrogens is 334 g/mol. The molecule has 0 aliphatic carbocycles. The van der Waals surface area contributed by atoms with Crippen molar-refractivity contribution in [2.75, 3.05) is 18.9 Å². The topological polar surface area (TPSA) is 73.2 Å². The van der Waals surface area contributed by atoms with Gasteiger partial charge in [0.05, 0.1) is 22.4 Å². The molecule has 1 saturated heterocycles. The Morgan fingerprint density at radius 1 is 1.57 bits per heavy atom. The van der Waals surface area contributed by atoms with Crippen LogP contribution in [0.3, 0.4) is 0 Å². The molecule has 1 amide bonds. The van der Waals surface area contributed by atoms with E-state index >= 15 is 0 Å². The number of fused-ring (bicyclic) bond motifs is 1. The van der Waals surface area contributed by atoms with E-state index in [4.69, 9.17) is 4.74 Å². The van der Waals surface area contributed by atoms with Crippen molar-refractivity contribution in [1.82, 2.24) is 14.9 Å². The van der Waals surface area contributed by atoms with Gasteiger partial charge in [0.15, 0.2) is 5.16 Å². The van der Waals surface area contributed by atoms with Crippen molar-refractivity contribution < 1.29 is 9.53 Å². The van der Waals surface area contributed by atoms with Crippen molar-refractivity contribution in [1.29, 1.82) is 0 Å². The predicted molar refractivity (Wildman–Crippen MR) is 91.2 cm³/mol. The second-order valence-corrected chi connectivity index (χ2v) is 8.29. The molecule has 1 fully saturated rings. The SMILES string of the molecule is C[C@@H]1Cc2nc(SCC(=O)NC[C@H]3CCCO3)n(C)c(=O)c2S1. The standard InChI is InChI=1S/C15H21N3O3S2/c1-9-6-11-13(23-9)14(20)18(2)15(17-11)22-8-12(19)16-7-10-4-3-5-21-10/h9-10H,3-8H2,1-2H3,(H,16,19)/t9-,10-/m1/s1. The van der Waals surface area contributed by atoms with Crippen LogP contribution in [0.5, 0.6) is 0 Å². The summed E-state index contributed by atoms with van der Waals surface area (Å²) in [6.07, 6.45) is 3.02. The molecule has 0 bridgehead atoms. The Morgan fingerprint density at radius 3 is 3.13 bits per heavy atom. The molecule has 0 spiro atoms. The number of carbonyl (C=O) groups is 1. The number of carbonyl (C=O) groups excluding carboxylic acids is 1. The van der Waals surface area contributed by atoms with E-state index in [1.165, 1.54) is 11.8 Å². The molecule has 0 saturated carbocycles. The number of nitrogens with one attached hydrogen (secondary N) is 1. The quantitative estimate of drug-likeness (QED) is 0.632. The average molecular weight is 355 g/mol. The smallest absolute Gasteiger partial charge is 0.267 e. The first-order valence-corrected chi connectivity index (χ1v) is 9.68. The lowest BCUT2D eigenvalue weighted by Gasteiger charge is -2.11. The van der Waals surface area contributed by atoms with Crippen LogP contribution in [0, 0.1) is 0 Å². The van der Waals surface area contributed by atoms with E-state index in [0.717, 1.165) is 36.5 Å². The Hall–Kier alpha value is -0.990. The Bertz CT molecular complexity index is 656. The number of thioether (sulfide) groups is 2. The first kappa shape index (κ1) is 16.9. The van der Waals surface area contributed by atoms with E-state index in [9.17, 15) is 9.59 Å². The van der Waals surface area contributed by atoms with E-state index < -0.39 is 0 Å². The molecule has 0 radical (unpaired) electrons. The molecular formula is C15H21N3O3S2. The van der Waals surface area contributed by atoms with Crippen LogP contribution in [0.4, 0.5) is 0 Å². The van der Waals surface area contributed by atoms with E-state index in [0.29, 0.717) is 17.0 Å². The fourth-order valence-corrected chi connectivity index (χ4v) is 4.68. The zero-order chi connectivity index (χ0) is 16.4. The lowest BCUT2D eigenvalue weighted by atomic mass is 10.2. The molecule has 126 valence electrons. The predicted octanol–water partition coefficient (Wildman–Crippen LogP) is 1.20. The van der Waals surface area contributed by atoms with Gasteiger partial charge in [-0.15, -0.1) is 11.8 Å². The fraction of sp³-hybridized carbons (Fsp3) is 0.667. The van der Waals surface area contributed by atoms with Crippen LogP contribution < -0.4 is 10.9 Å².